The number of hydrogen-bond donors (Lipinski definition) is 0. The van der Waals surface area contributed by atoms with Gasteiger partial charge in [-0.25, -0.2) is 4.79 Å². The Morgan fingerprint density at radius 2 is 1.94 bits per heavy atom. The Kier molecular flexibility index (Phi) is 4.54. The van der Waals surface area contributed by atoms with Crippen LogP contribution in [0.2, 0.25) is 0 Å². The summed E-state index contributed by atoms with van der Waals surface area (Å²) in [6, 6.07) is 0.0242. The lowest BCUT2D eigenvalue weighted by molar-refractivity contribution is -0.118. The van der Waals surface area contributed by atoms with Crippen molar-refractivity contribution in [1.29, 1.82) is 0 Å². The molecule has 1 heterocycles. The maximum Gasteiger partial charge on any atom is 0.410 e. The van der Waals surface area contributed by atoms with E-state index in [1.807, 2.05) is 20.8 Å². The lowest BCUT2D eigenvalue weighted by atomic mass is 9.98. The molecule has 1 saturated heterocycles. The smallest absolute Gasteiger partial charge is 0.410 e. The van der Waals surface area contributed by atoms with Crippen LogP contribution in [0, 0.1) is 0 Å². The lowest BCUT2D eigenvalue weighted by Gasteiger charge is -2.36. The largest absolute Gasteiger partial charge is 0.444 e. The molecule has 1 rings (SSSR count). The van der Waals surface area contributed by atoms with Crippen molar-refractivity contribution >= 4 is 11.9 Å². The summed E-state index contributed by atoms with van der Waals surface area (Å²) in [5.74, 6) is 0.130. The van der Waals surface area contributed by atoms with Crippen LogP contribution in [-0.2, 0) is 9.53 Å². The first-order valence-electron chi connectivity index (χ1n) is 6.28. The topological polar surface area (TPSA) is 46.6 Å². The van der Waals surface area contributed by atoms with Crippen molar-refractivity contribution in [3.63, 3.8) is 0 Å². The molecule has 0 N–H and O–H groups in total. The number of rotatable bonds is 2. The van der Waals surface area contributed by atoms with Crippen LogP contribution < -0.4 is 0 Å². The van der Waals surface area contributed by atoms with Crippen molar-refractivity contribution in [1.82, 2.24) is 4.90 Å². The summed E-state index contributed by atoms with van der Waals surface area (Å²) >= 11 is 0. The van der Waals surface area contributed by atoms with Crippen molar-refractivity contribution in [2.75, 3.05) is 6.54 Å². The molecule has 0 aromatic rings. The van der Waals surface area contributed by atoms with Crippen molar-refractivity contribution < 1.29 is 14.3 Å². The predicted molar refractivity (Wildman–Crippen MR) is 65.9 cm³/mol. The molecule has 17 heavy (non-hydrogen) atoms. The Hall–Kier alpha value is -1.06. The number of ether oxygens (including phenoxy) is 1. The highest BCUT2D eigenvalue weighted by atomic mass is 16.6. The molecule has 4 nitrogen and oxygen atoms in total. The van der Waals surface area contributed by atoms with Gasteiger partial charge < -0.3 is 9.64 Å². The highest BCUT2D eigenvalue weighted by Gasteiger charge is 2.30. The SMILES string of the molecule is CC(=O)C[C@H]1CCCCN1C(=O)OC(C)(C)C. The second-order valence-electron chi connectivity index (χ2n) is 5.73. The van der Waals surface area contributed by atoms with Crippen LogP contribution >= 0.6 is 0 Å². The van der Waals surface area contributed by atoms with Gasteiger partial charge in [-0.15, -0.1) is 0 Å². The number of piperidine rings is 1. The van der Waals surface area contributed by atoms with Crippen molar-refractivity contribution in [2.45, 2.75) is 65.0 Å². The van der Waals surface area contributed by atoms with Crippen molar-refractivity contribution in [2.24, 2.45) is 0 Å². The fourth-order valence-corrected chi connectivity index (χ4v) is 2.11. The van der Waals surface area contributed by atoms with Gasteiger partial charge in [-0.3, -0.25) is 4.79 Å². The molecule has 1 aliphatic heterocycles. The van der Waals surface area contributed by atoms with E-state index < -0.39 is 5.60 Å². The van der Waals surface area contributed by atoms with E-state index in [4.69, 9.17) is 4.74 Å². The summed E-state index contributed by atoms with van der Waals surface area (Å²) in [4.78, 5) is 24.9. The molecule has 98 valence electrons. The van der Waals surface area contributed by atoms with E-state index in [-0.39, 0.29) is 17.9 Å². The van der Waals surface area contributed by atoms with E-state index in [1.165, 1.54) is 0 Å². The molecule has 0 aromatic heterocycles. The van der Waals surface area contributed by atoms with Crippen LogP contribution in [0.3, 0.4) is 0 Å². The average Bonchev–Trinajstić information content (AvgIpc) is 2.14. The molecule has 1 amide bonds. The van der Waals surface area contributed by atoms with Crippen LogP contribution in [-0.4, -0.2) is 35.0 Å². The molecular formula is C13H23NO3. The minimum absolute atomic E-state index is 0.0242. The first-order valence-corrected chi connectivity index (χ1v) is 6.28. The molecule has 0 aliphatic carbocycles. The summed E-state index contributed by atoms with van der Waals surface area (Å²) < 4.78 is 5.36. The number of carbonyl (C=O) groups is 2. The number of amides is 1. The van der Waals surface area contributed by atoms with Gasteiger partial charge in [0, 0.05) is 19.0 Å². The monoisotopic (exact) mass is 241 g/mol. The van der Waals surface area contributed by atoms with E-state index >= 15 is 0 Å². The van der Waals surface area contributed by atoms with Crippen LogP contribution in [0.25, 0.3) is 0 Å². The molecule has 0 spiro atoms. The van der Waals surface area contributed by atoms with E-state index in [2.05, 4.69) is 0 Å². The molecule has 0 bridgehead atoms. The Labute approximate surface area is 103 Å². The summed E-state index contributed by atoms with van der Waals surface area (Å²) in [6.07, 6.45) is 3.13. The summed E-state index contributed by atoms with van der Waals surface area (Å²) in [5.41, 5.74) is -0.477. The van der Waals surface area contributed by atoms with Gasteiger partial charge in [-0.05, 0) is 47.0 Å². The Balaban J connectivity index is 2.64. The van der Waals surface area contributed by atoms with E-state index in [0.717, 1.165) is 19.3 Å². The normalized spacial score (nSPS) is 21.2. The standard InChI is InChI=1S/C13H23NO3/c1-10(15)9-11-7-5-6-8-14(11)12(16)17-13(2,3)4/h11H,5-9H2,1-4H3/t11-/m1/s1. The number of carbonyl (C=O) groups excluding carboxylic acids is 2. The Morgan fingerprint density at radius 3 is 2.47 bits per heavy atom. The molecular weight excluding hydrogens is 218 g/mol. The van der Waals surface area contributed by atoms with E-state index in [0.29, 0.717) is 13.0 Å². The van der Waals surface area contributed by atoms with Crippen LogP contribution in [0.15, 0.2) is 0 Å². The molecule has 1 atom stereocenters. The molecule has 0 saturated carbocycles. The third-order valence-corrected chi connectivity index (χ3v) is 2.78. The Morgan fingerprint density at radius 1 is 1.29 bits per heavy atom. The third kappa shape index (κ3) is 4.75. The molecule has 1 fully saturated rings. The summed E-state index contributed by atoms with van der Waals surface area (Å²) in [6.45, 7) is 7.84. The average molecular weight is 241 g/mol. The van der Waals surface area contributed by atoms with Gasteiger partial charge in [0.15, 0.2) is 0 Å². The quantitative estimate of drug-likeness (QED) is 0.746. The maximum absolute atomic E-state index is 12.0. The highest BCUT2D eigenvalue weighted by Crippen LogP contribution is 2.22. The first-order chi connectivity index (χ1) is 7.79. The van der Waals surface area contributed by atoms with Crippen molar-refractivity contribution in [3.05, 3.63) is 0 Å². The van der Waals surface area contributed by atoms with Gasteiger partial charge in [0.25, 0.3) is 0 Å². The number of likely N-dealkylation sites (tertiary alicyclic amines) is 1. The van der Waals surface area contributed by atoms with Gasteiger partial charge in [0.2, 0.25) is 0 Å². The number of hydrogen-bond acceptors (Lipinski definition) is 3. The van der Waals surface area contributed by atoms with Crippen molar-refractivity contribution in [3.8, 4) is 0 Å². The molecule has 0 radical (unpaired) electrons. The lowest BCUT2D eigenvalue weighted by Crippen LogP contribution is -2.46. The van der Waals surface area contributed by atoms with Crippen LogP contribution in [0.1, 0.15) is 53.4 Å². The van der Waals surface area contributed by atoms with Crippen LogP contribution in [0.5, 0.6) is 0 Å². The predicted octanol–water partition coefficient (Wildman–Crippen LogP) is 2.76. The molecule has 4 heteroatoms. The fourth-order valence-electron chi connectivity index (χ4n) is 2.11. The van der Waals surface area contributed by atoms with Gasteiger partial charge in [0.05, 0.1) is 0 Å². The minimum Gasteiger partial charge on any atom is -0.444 e. The zero-order valence-corrected chi connectivity index (χ0v) is 11.3. The molecule has 0 aromatic carbocycles. The molecule has 1 aliphatic rings. The van der Waals surface area contributed by atoms with Gasteiger partial charge in [-0.2, -0.15) is 0 Å². The number of ketones is 1. The number of Topliss-reactive ketones (excluding diaryl/α,β-unsaturated/α-hetero) is 1. The van der Waals surface area contributed by atoms with Gasteiger partial charge in [0.1, 0.15) is 11.4 Å². The summed E-state index contributed by atoms with van der Waals surface area (Å²) in [5, 5.41) is 0. The number of nitrogens with zero attached hydrogens (tertiary/aromatic N) is 1. The zero-order chi connectivity index (χ0) is 13.1. The fraction of sp³-hybridized carbons (Fsp3) is 0.846. The van der Waals surface area contributed by atoms with Crippen LogP contribution in [0.4, 0.5) is 4.79 Å². The van der Waals surface area contributed by atoms with Gasteiger partial charge in [-0.1, -0.05) is 0 Å². The second-order valence-corrected chi connectivity index (χ2v) is 5.73. The van der Waals surface area contributed by atoms with Gasteiger partial charge >= 0.3 is 6.09 Å². The third-order valence-electron chi connectivity index (χ3n) is 2.78. The minimum atomic E-state index is -0.477. The highest BCUT2D eigenvalue weighted by molar-refractivity contribution is 5.77. The maximum atomic E-state index is 12.0. The summed E-state index contributed by atoms with van der Waals surface area (Å²) in [7, 11) is 0. The van der Waals surface area contributed by atoms with E-state index in [9.17, 15) is 9.59 Å². The molecule has 0 unspecified atom stereocenters. The second kappa shape index (κ2) is 5.52. The zero-order valence-electron chi connectivity index (χ0n) is 11.3. The Bertz CT molecular complexity index is 294. The van der Waals surface area contributed by atoms with E-state index in [1.54, 1.807) is 11.8 Å². The first kappa shape index (κ1) is 14.0.